The number of rotatable bonds is 2. The second-order valence-corrected chi connectivity index (χ2v) is 4.43. The number of aromatic nitrogens is 2. The molecule has 2 heterocycles. The molecule has 0 N–H and O–H groups in total. The van der Waals surface area contributed by atoms with Gasteiger partial charge < -0.3 is 14.5 Å². The Morgan fingerprint density at radius 1 is 1.29 bits per heavy atom. The van der Waals surface area contributed by atoms with Gasteiger partial charge in [-0.05, 0) is 6.92 Å². The van der Waals surface area contributed by atoms with Crippen molar-refractivity contribution in [3.8, 4) is 0 Å². The Morgan fingerprint density at radius 3 is 2.52 bits per heavy atom. The van der Waals surface area contributed by atoms with Crippen LogP contribution in [0.2, 0.25) is 0 Å². The Kier molecular flexibility index (Phi) is 4.49. The number of anilines is 1. The van der Waals surface area contributed by atoms with Gasteiger partial charge >= 0.3 is 12.3 Å². The predicted octanol–water partition coefficient (Wildman–Crippen LogP) is 1.77. The molecule has 0 atom stereocenters. The van der Waals surface area contributed by atoms with E-state index in [4.69, 9.17) is 4.74 Å². The van der Waals surface area contributed by atoms with E-state index in [2.05, 4.69) is 9.97 Å². The number of amides is 1. The maximum atomic E-state index is 12.6. The summed E-state index contributed by atoms with van der Waals surface area (Å²) in [5, 5.41) is 0. The molecule has 0 unspecified atom stereocenters. The molecule has 1 aromatic heterocycles. The third-order valence-corrected chi connectivity index (χ3v) is 3.07. The third-order valence-electron chi connectivity index (χ3n) is 3.07. The quantitative estimate of drug-likeness (QED) is 0.833. The Morgan fingerprint density at radius 2 is 1.95 bits per heavy atom. The van der Waals surface area contributed by atoms with Crippen LogP contribution in [0, 0.1) is 0 Å². The number of hydrogen-bond donors (Lipinski definition) is 0. The fraction of sp³-hybridized carbons (Fsp3) is 0.583. The number of halogens is 3. The Bertz CT molecular complexity index is 502. The Balaban J connectivity index is 2.01. The molecule has 1 aromatic rings. The molecule has 116 valence electrons. The fourth-order valence-corrected chi connectivity index (χ4v) is 2.01. The van der Waals surface area contributed by atoms with Crippen LogP contribution in [0.5, 0.6) is 0 Å². The van der Waals surface area contributed by atoms with Crippen LogP contribution >= 0.6 is 0 Å². The van der Waals surface area contributed by atoms with E-state index >= 15 is 0 Å². The van der Waals surface area contributed by atoms with Gasteiger partial charge in [0.15, 0.2) is 0 Å². The molecule has 6 nitrogen and oxygen atoms in total. The van der Waals surface area contributed by atoms with E-state index in [9.17, 15) is 18.0 Å². The first-order valence-corrected chi connectivity index (χ1v) is 6.47. The fourth-order valence-electron chi connectivity index (χ4n) is 2.01. The number of piperazine rings is 1. The van der Waals surface area contributed by atoms with Gasteiger partial charge in [0.2, 0.25) is 0 Å². The van der Waals surface area contributed by atoms with Crippen LogP contribution in [0.1, 0.15) is 12.6 Å². The monoisotopic (exact) mass is 304 g/mol. The summed E-state index contributed by atoms with van der Waals surface area (Å²) in [6.07, 6.45) is -4.00. The maximum Gasteiger partial charge on any atom is 0.433 e. The van der Waals surface area contributed by atoms with Crippen LogP contribution < -0.4 is 4.90 Å². The lowest BCUT2D eigenvalue weighted by Crippen LogP contribution is -2.49. The van der Waals surface area contributed by atoms with Crippen LogP contribution in [-0.2, 0) is 10.9 Å². The predicted molar refractivity (Wildman–Crippen MR) is 67.8 cm³/mol. The molecule has 0 bridgehead atoms. The molecule has 1 saturated heterocycles. The second kappa shape index (κ2) is 6.15. The van der Waals surface area contributed by atoms with Crippen molar-refractivity contribution in [1.82, 2.24) is 14.9 Å². The summed E-state index contributed by atoms with van der Waals surface area (Å²) in [4.78, 5) is 21.8. The van der Waals surface area contributed by atoms with Crippen molar-refractivity contribution in [2.24, 2.45) is 0 Å². The summed E-state index contributed by atoms with van der Waals surface area (Å²) in [5.74, 6) is 0.209. The van der Waals surface area contributed by atoms with E-state index in [1.165, 1.54) is 4.90 Å². The summed E-state index contributed by atoms with van der Waals surface area (Å²) in [6, 6.07) is 0.917. The summed E-state index contributed by atoms with van der Waals surface area (Å²) in [5.41, 5.74) is -0.972. The zero-order valence-corrected chi connectivity index (χ0v) is 11.4. The van der Waals surface area contributed by atoms with Crippen molar-refractivity contribution in [2.45, 2.75) is 13.1 Å². The van der Waals surface area contributed by atoms with Crippen LogP contribution in [0.25, 0.3) is 0 Å². The van der Waals surface area contributed by atoms with E-state index in [1.54, 1.807) is 11.8 Å². The molecule has 9 heteroatoms. The van der Waals surface area contributed by atoms with Gasteiger partial charge in [0.25, 0.3) is 0 Å². The number of hydrogen-bond acceptors (Lipinski definition) is 5. The van der Waals surface area contributed by atoms with Crippen molar-refractivity contribution in [3.63, 3.8) is 0 Å². The minimum Gasteiger partial charge on any atom is -0.450 e. The highest BCUT2D eigenvalue weighted by Crippen LogP contribution is 2.29. The molecule has 0 spiro atoms. The van der Waals surface area contributed by atoms with Gasteiger partial charge in [0.1, 0.15) is 17.8 Å². The largest absolute Gasteiger partial charge is 0.450 e. The van der Waals surface area contributed by atoms with Crippen LogP contribution in [0.15, 0.2) is 12.4 Å². The van der Waals surface area contributed by atoms with Gasteiger partial charge in [-0.2, -0.15) is 13.2 Å². The van der Waals surface area contributed by atoms with Crippen molar-refractivity contribution in [1.29, 1.82) is 0 Å². The molecule has 1 amide bonds. The average molecular weight is 304 g/mol. The van der Waals surface area contributed by atoms with Crippen molar-refractivity contribution in [3.05, 3.63) is 18.1 Å². The number of carbonyl (C=O) groups is 1. The number of alkyl halides is 3. The van der Waals surface area contributed by atoms with Gasteiger partial charge in [-0.3, -0.25) is 0 Å². The SMILES string of the molecule is CCOC(=O)N1CCN(c2cc(C(F)(F)F)ncn2)CC1. The van der Waals surface area contributed by atoms with E-state index < -0.39 is 18.0 Å². The van der Waals surface area contributed by atoms with Gasteiger partial charge in [-0.25, -0.2) is 14.8 Å². The Labute approximate surface area is 119 Å². The lowest BCUT2D eigenvalue weighted by Gasteiger charge is -2.34. The van der Waals surface area contributed by atoms with Crippen LogP contribution in [0.3, 0.4) is 0 Å². The minimum atomic E-state index is -4.50. The molecule has 0 saturated carbocycles. The highest BCUT2D eigenvalue weighted by atomic mass is 19.4. The van der Waals surface area contributed by atoms with Crippen molar-refractivity contribution >= 4 is 11.9 Å². The molecule has 1 aliphatic rings. The normalized spacial score (nSPS) is 16.0. The summed E-state index contributed by atoms with van der Waals surface area (Å²) < 4.78 is 42.7. The molecule has 1 fully saturated rings. The highest BCUT2D eigenvalue weighted by molar-refractivity contribution is 5.68. The van der Waals surface area contributed by atoms with E-state index in [0.717, 1.165) is 12.4 Å². The molecule has 0 aromatic carbocycles. The number of ether oxygens (including phenoxy) is 1. The average Bonchev–Trinajstić information content (AvgIpc) is 2.47. The lowest BCUT2D eigenvalue weighted by atomic mass is 10.3. The highest BCUT2D eigenvalue weighted by Gasteiger charge is 2.33. The molecule has 1 aliphatic heterocycles. The maximum absolute atomic E-state index is 12.6. The topological polar surface area (TPSA) is 58.6 Å². The first-order chi connectivity index (χ1) is 9.91. The number of nitrogens with zero attached hydrogens (tertiary/aromatic N) is 4. The smallest absolute Gasteiger partial charge is 0.433 e. The molecular weight excluding hydrogens is 289 g/mol. The van der Waals surface area contributed by atoms with Crippen LogP contribution in [-0.4, -0.2) is 53.7 Å². The summed E-state index contributed by atoms with van der Waals surface area (Å²) in [6.45, 7) is 3.56. The molecule has 0 radical (unpaired) electrons. The zero-order valence-electron chi connectivity index (χ0n) is 11.4. The summed E-state index contributed by atoms with van der Waals surface area (Å²) in [7, 11) is 0. The first-order valence-electron chi connectivity index (χ1n) is 6.47. The van der Waals surface area contributed by atoms with Gasteiger partial charge in [0, 0.05) is 32.2 Å². The minimum absolute atomic E-state index is 0.209. The molecule has 0 aliphatic carbocycles. The summed E-state index contributed by atoms with van der Waals surface area (Å²) >= 11 is 0. The first kappa shape index (κ1) is 15.3. The molecule has 2 rings (SSSR count). The molecular formula is C12H15F3N4O2. The van der Waals surface area contributed by atoms with Crippen LogP contribution in [0.4, 0.5) is 23.8 Å². The van der Waals surface area contributed by atoms with E-state index in [0.29, 0.717) is 32.8 Å². The van der Waals surface area contributed by atoms with Gasteiger partial charge in [-0.1, -0.05) is 0 Å². The van der Waals surface area contributed by atoms with Crippen molar-refractivity contribution < 1.29 is 22.7 Å². The Hall–Kier alpha value is -2.06. The standard InChI is InChI=1S/C12H15F3N4O2/c1-2-21-11(20)19-5-3-18(4-6-19)10-7-9(12(13,14)15)16-8-17-10/h7-8H,2-6H2,1H3. The third kappa shape index (κ3) is 3.73. The molecule has 21 heavy (non-hydrogen) atoms. The van der Waals surface area contributed by atoms with E-state index in [1.807, 2.05) is 0 Å². The van der Waals surface area contributed by atoms with Gasteiger partial charge in [0.05, 0.1) is 6.61 Å². The zero-order chi connectivity index (χ0) is 15.5. The van der Waals surface area contributed by atoms with Gasteiger partial charge in [-0.15, -0.1) is 0 Å². The lowest BCUT2D eigenvalue weighted by molar-refractivity contribution is -0.141. The van der Waals surface area contributed by atoms with Crippen molar-refractivity contribution in [2.75, 3.05) is 37.7 Å². The van der Waals surface area contributed by atoms with E-state index in [-0.39, 0.29) is 5.82 Å². The second-order valence-electron chi connectivity index (χ2n) is 4.43. The number of carbonyl (C=O) groups excluding carboxylic acids is 1.